The molecule has 0 bridgehead atoms. The van der Waals surface area contributed by atoms with Crippen LogP contribution in [0.15, 0.2) is 6.20 Å². The van der Waals surface area contributed by atoms with E-state index < -0.39 is 0 Å². The molecule has 1 saturated carbocycles. The summed E-state index contributed by atoms with van der Waals surface area (Å²) in [5, 5.41) is 8.30. The number of amides is 1. The van der Waals surface area contributed by atoms with Gasteiger partial charge in [-0.15, -0.1) is 0 Å². The van der Waals surface area contributed by atoms with Gasteiger partial charge in [0.25, 0.3) is 0 Å². The molecule has 0 atom stereocenters. The molecule has 2 aromatic rings. The van der Waals surface area contributed by atoms with Gasteiger partial charge in [-0.05, 0) is 19.8 Å². The van der Waals surface area contributed by atoms with Gasteiger partial charge in [0, 0.05) is 18.9 Å². The quantitative estimate of drug-likeness (QED) is 0.911. The fraction of sp³-hybridized carbons (Fsp3) is 0.583. The molecule has 0 unspecified atom stereocenters. The highest BCUT2D eigenvalue weighted by Gasteiger charge is 2.24. The van der Waals surface area contributed by atoms with E-state index in [-0.39, 0.29) is 11.8 Å². The number of carbonyl (C=O) groups excluding carboxylic acids is 1. The summed E-state index contributed by atoms with van der Waals surface area (Å²) < 4.78 is 1.81. The number of carbonyl (C=O) groups is 1. The Labute approximate surface area is 109 Å². The number of aromatic nitrogens is 3. The van der Waals surface area contributed by atoms with Crippen molar-refractivity contribution < 1.29 is 4.79 Å². The highest BCUT2D eigenvalue weighted by atomic mass is 32.1. The van der Waals surface area contributed by atoms with E-state index in [9.17, 15) is 4.79 Å². The molecule has 2 aromatic heterocycles. The van der Waals surface area contributed by atoms with Crippen molar-refractivity contribution in [1.82, 2.24) is 19.9 Å². The number of hydrogen-bond donors (Lipinski definition) is 1. The fourth-order valence-corrected chi connectivity index (χ4v) is 2.84. The van der Waals surface area contributed by atoms with Gasteiger partial charge in [0.15, 0.2) is 0 Å². The Hall–Kier alpha value is -1.43. The minimum absolute atomic E-state index is 0.205. The van der Waals surface area contributed by atoms with Gasteiger partial charge in [-0.2, -0.15) is 5.10 Å². The van der Waals surface area contributed by atoms with E-state index in [0.29, 0.717) is 6.54 Å². The van der Waals surface area contributed by atoms with Crippen molar-refractivity contribution in [3.8, 4) is 0 Å². The fourth-order valence-electron chi connectivity index (χ4n) is 2.09. The van der Waals surface area contributed by atoms with Gasteiger partial charge < -0.3 is 5.32 Å². The Bertz CT molecular complexity index is 538. The van der Waals surface area contributed by atoms with Crippen molar-refractivity contribution in [3.05, 3.63) is 16.9 Å². The summed E-state index contributed by atoms with van der Waals surface area (Å²) in [5.74, 6) is 0.469. The van der Waals surface area contributed by atoms with Crippen LogP contribution in [0.3, 0.4) is 0 Å². The third-order valence-corrected chi connectivity index (χ3v) is 4.19. The highest BCUT2D eigenvalue weighted by molar-refractivity contribution is 7.16. The molecule has 2 heterocycles. The zero-order valence-electron chi connectivity index (χ0n) is 10.3. The van der Waals surface area contributed by atoms with Gasteiger partial charge in [-0.25, -0.2) is 9.50 Å². The molecule has 1 aliphatic rings. The first kappa shape index (κ1) is 11.6. The molecule has 1 fully saturated rings. The summed E-state index contributed by atoms with van der Waals surface area (Å²) in [6, 6.07) is 0. The van der Waals surface area contributed by atoms with Crippen LogP contribution in [0, 0.1) is 12.8 Å². The Morgan fingerprint density at radius 2 is 2.44 bits per heavy atom. The van der Waals surface area contributed by atoms with Gasteiger partial charge in [0.2, 0.25) is 10.9 Å². The second-order valence-electron chi connectivity index (χ2n) is 4.75. The highest BCUT2D eigenvalue weighted by Crippen LogP contribution is 2.26. The lowest BCUT2D eigenvalue weighted by atomic mass is 9.85. The summed E-state index contributed by atoms with van der Waals surface area (Å²) in [6.07, 6.45) is 6.01. The molecule has 6 heteroatoms. The monoisotopic (exact) mass is 264 g/mol. The lowest BCUT2D eigenvalue weighted by Crippen LogP contribution is -2.35. The van der Waals surface area contributed by atoms with Gasteiger partial charge in [0.05, 0.1) is 11.9 Å². The smallest absolute Gasteiger partial charge is 0.223 e. The molecule has 1 aliphatic carbocycles. The van der Waals surface area contributed by atoms with Crippen LogP contribution in [-0.2, 0) is 11.2 Å². The lowest BCUT2D eigenvalue weighted by molar-refractivity contribution is -0.127. The van der Waals surface area contributed by atoms with Gasteiger partial charge in [-0.1, -0.05) is 17.8 Å². The Balaban J connectivity index is 1.52. The lowest BCUT2D eigenvalue weighted by Gasteiger charge is -2.23. The molecule has 1 N–H and O–H groups in total. The molecule has 18 heavy (non-hydrogen) atoms. The minimum atomic E-state index is 0.205. The average molecular weight is 264 g/mol. The van der Waals surface area contributed by atoms with Gasteiger partial charge >= 0.3 is 0 Å². The predicted molar refractivity (Wildman–Crippen MR) is 69.7 cm³/mol. The maximum absolute atomic E-state index is 11.6. The number of nitrogens with zero attached hydrogens (tertiary/aromatic N) is 3. The maximum atomic E-state index is 11.6. The molecule has 3 rings (SSSR count). The topological polar surface area (TPSA) is 59.3 Å². The summed E-state index contributed by atoms with van der Waals surface area (Å²) in [4.78, 5) is 17.0. The molecular formula is C12H16N4OS. The van der Waals surface area contributed by atoms with E-state index in [1.54, 1.807) is 11.3 Å². The summed E-state index contributed by atoms with van der Waals surface area (Å²) in [6.45, 7) is 2.64. The van der Waals surface area contributed by atoms with E-state index in [1.165, 1.54) is 6.42 Å². The molecular weight excluding hydrogens is 248 g/mol. The van der Waals surface area contributed by atoms with Crippen LogP contribution in [0.2, 0.25) is 0 Å². The summed E-state index contributed by atoms with van der Waals surface area (Å²) >= 11 is 1.58. The first-order valence-electron chi connectivity index (χ1n) is 6.32. The zero-order chi connectivity index (χ0) is 12.5. The third kappa shape index (κ3) is 2.25. The third-order valence-electron chi connectivity index (χ3n) is 3.35. The summed E-state index contributed by atoms with van der Waals surface area (Å²) in [5.41, 5.74) is 0.989. The first-order valence-corrected chi connectivity index (χ1v) is 7.13. The van der Waals surface area contributed by atoms with E-state index in [0.717, 1.165) is 34.9 Å². The Morgan fingerprint density at radius 1 is 1.61 bits per heavy atom. The molecule has 5 nitrogen and oxygen atoms in total. The second kappa shape index (κ2) is 4.68. The second-order valence-corrected chi connectivity index (χ2v) is 5.91. The van der Waals surface area contributed by atoms with Crippen LogP contribution in [-0.4, -0.2) is 27.0 Å². The number of aryl methyl sites for hydroxylation is 1. The molecule has 0 aromatic carbocycles. The van der Waals surface area contributed by atoms with Crippen molar-refractivity contribution in [3.63, 3.8) is 0 Å². The Morgan fingerprint density at radius 3 is 3.11 bits per heavy atom. The minimum Gasteiger partial charge on any atom is -0.355 e. The van der Waals surface area contributed by atoms with Crippen molar-refractivity contribution in [2.45, 2.75) is 32.6 Å². The number of rotatable bonds is 4. The molecule has 0 radical (unpaired) electrons. The van der Waals surface area contributed by atoms with Gasteiger partial charge in [0.1, 0.15) is 5.01 Å². The van der Waals surface area contributed by atoms with Crippen LogP contribution in [0.1, 0.15) is 30.0 Å². The van der Waals surface area contributed by atoms with Crippen molar-refractivity contribution in [1.29, 1.82) is 0 Å². The SMILES string of the molecule is Cc1nn2cc(CCNC(=O)C3CCC3)nc2s1. The van der Waals surface area contributed by atoms with Crippen molar-refractivity contribution in [2.75, 3.05) is 6.54 Å². The van der Waals surface area contributed by atoms with Crippen LogP contribution in [0.4, 0.5) is 0 Å². The van der Waals surface area contributed by atoms with E-state index >= 15 is 0 Å². The van der Waals surface area contributed by atoms with Crippen molar-refractivity contribution in [2.24, 2.45) is 5.92 Å². The predicted octanol–water partition coefficient (Wildman–Crippen LogP) is 1.56. The van der Waals surface area contributed by atoms with Crippen LogP contribution >= 0.6 is 11.3 Å². The number of imidazole rings is 1. The first-order chi connectivity index (χ1) is 8.72. The number of hydrogen-bond acceptors (Lipinski definition) is 4. The molecule has 0 aliphatic heterocycles. The van der Waals surface area contributed by atoms with Crippen molar-refractivity contribution >= 4 is 22.2 Å². The number of nitrogens with one attached hydrogen (secondary N) is 1. The normalized spacial score (nSPS) is 15.8. The largest absolute Gasteiger partial charge is 0.355 e. The molecule has 0 saturated heterocycles. The van der Waals surface area contributed by atoms with Gasteiger partial charge in [-0.3, -0.25) is 4.79 Å². The molecule has 0 spiro atoms. The average Bonchev–Trinajstić information content (AvgIpc) is 2.71. The van der Waals surface area contributed by atoms with Crippen LogP contribution in [0.25, 0.3) is 4.96 Å². The standard InChI is InChI=1S/C12H16N4OS/c1-8-15-16-7-10(14-12(16)18-8)5-6-13-11(17)9-3-2-4-9/h7,9H,2-6H2,1H3,(H,13,17). The maximum Gasteiger partial charge on any atom is 0.223 e. The molecule has 96 valence electrons. The summed E-state index contributed by atoms with van der Waals surface area (Å²) in [7, 11) is 0. The van der Waals surface area contributed by atoms with Crippen LogP contribution in [0.5, 0.6) is 0 Å². The van der Waals surface area contributed by atoms with E-state index in [4.69, 9.17) is 0 Å². The van der Waals surface area contributed by atoms with E-state index in [2.05, 4.69) is 15.4 Å². The number of fused-ring (bicyclic) bond motifs is 1. The molecule has 1 amide bonds. The Kier molecular flexibility index (Phi) is 3.03. The van der Waals surface area contributed by atoms with E-state index in [1.807, 2.05) is 17.6 Å². The zero-order valence-corrected chi connectivity index (χ0v) is 11.2. The van der Waals surface area contributed by atoms with Crippen LogP contribution < -0.4 is 5.32 Å².